The molecule has 0 aliphatic rings. The Morgan fingerprint density at radius 2 is 2.25 bits per heavy atom. The topological polar surface area (TPSA) is 57.4 Å². The molecule has 0 aliphatic heterocycles. The highest BCUT2D eigenvalue weighted by Gasteiger charge is 2.07. The number of benzene rings is 1. The minimum Gasteiger partial charge on any atom is -0.493 e. The Morgan fingerprint density at radius 1 is 1.38 bits per heavy atom. The van der Waals surface area contributed by atoms with E-state index in [4.69, 9.17) is 15.2 Å². The molecule has 1 aromatic heterocycles. The summed E-state index contributed by atoms with van der Waals surface area (Å²) in [6, 6.07) is 5.61. The van der Waals surface area contributed by atoms with Crippen molar-refractivity contribution in [3.05, 3.63) is 35.3 Å². The van der Waals surface area contributed by atoms with Gasteiger partial charge in [0.05, 0.1) is 7.11 Å². The third-order valence-corrected chi connectivity index (χ3v) is 2.72. The van der Waals surface area contributed by atoms with Crippen molar-refractivity contribution in [2.75, 3.05) is 7.11 Å². The van der Waals surface area contributed by atoms with E-state index >= 15 is 0 Å². The monoisotopic (exact) mass is 236 g/mol. The fraction of sp³-hybridized carbons (Fsp3) is 0.182. The fourth-order valence-corrected chi connectivity index (χ4v) is 1.78. The highest BCUT2D eigenvalue weighted by atomic mass is 32.1. The van der Waals surface area contributed by atoms with Gasteiger partial charge < -0.3 is 15.2 Å². The molecule has 4 nitrogen and oxygen atoms in total. The van der Waals surface area contributed by atoms with E-state index < -0.39 is 0 Å². The number of ether oxygens (including phenoxy) is 2. The van der Waals surface area contributed by atoms with Gasteiger partial charge in [-0.1, -0.05) is 17.4 Å². The number of hydrogen-bond acceptors (Lipinski definition) is 5. The molecule has 16 heavy (non-hydrogen) atoms. The van der Waals surface area contributed by atoms with Gasteiger partial charge in [-0.25, -0.2) is 4.98 Å². The van der Waals surface area contributed by atoms with Crippen molar-refractivity contribution in [2.24, 2.45) is 5.73 Å². The van der Waals surface area contributed by atoms with Gasteiger partial charge in [-0.15, -0.1) is 0 Å². The van der Waals surface area contributed by atoms with E-state index in [9.17, 15) is 0 Å². The summed E-state index contributed by atoms with van der Waals surface area (Å²) in [5.74, 6) is 1.31. The van der Waals surface area contributed by atoms with Crippen LogP contribution < -0.4 is 15.2 Å². The Morgan fingerprint density at radius 3 is 2.88 bits per heavy atom. The van der Waals surface area contributed by atoms with E-state index in [1.165, 1.54) is 11.3 Å². The molecule has 2 rings (SSSR count). The third-order valence-electron chi connectivity index (χ3n) is 2.07. The first kappa shape index (κ1) is 10.9. The van der Waals surface area contributed by atoms with Gasteiger partial charge in [0, 0.05) is 18.1 Å². The van der Waals surface area contributed by atoms with Crippen LogP contribution in [0.25, 0.3) is 0 Å². The molecule has 0 radical (unpaired) electrons. The number of hydrogen-bond donors (Lipinski definition) is 1. The van der Waals surface area contributed by atoms with Crippen LogP contribution in [0, 0.1) is 0 Å². The van der Waals surface area contributed by atoms with Crippen molar-refractivity contribution < 1.29 is 9.47 Å². The molecule has 2 aromatic rings. The number of nitrogens with two attached hydrogens (primary N) is 1. The van der Waals surface area contributed by atoms with E-state index in [-0.39, 0.29) is 0 Å². The first-order chi connectivity index (χ1) is 7.83. The summed E-state index contributed by atoms with van der Waals surface area (Å²) in [6.45, 7) is 0.480. The lowest BCUT2D eigenvalue weighted by Crippen LogP contribution is -1.97. The van der Waals surface area contributed by atoms with Crippen molar-refractivity contribution in [1.82, 2.24) is 4.98 Å². The van der Waals surface area contributed by atoms with Crippen LogP contribution in [0.3, 0.4) is 0 Å². The van der Waals surface area contributed by atoms with Gasteiger partial charge in [0.25, 0.3) is 5.19 Å². The van der Waals surface area contributed by atoms with Gasteiger partial charge in [0.2, 0.25) is 0 Å². The molecule has 0 fully saturated rings. The van der Waals surface area contributed by atoms with Crippen LogP contribution in [0.1, 0.15) is 5.56 Å². The number of methoxy groups -OCH3 is 1. The molecular formula is C11H12N2O2S. The average molecular weight is 236 g/mol. The Bertz CT molecular complexity index is 457. The maximum Gasteiger partial charge on any atom is 0.278 e. The average Bonchev–Trinajstić information content (AvgIpc) is 2.82. The molecule has 0 spiro atoms. The third kappa shape index (κ3) is 2.32. The van der Waals surface area contributed by atoms with Gasteiger partial charge in [0.1, 0.15) is 0 Å². The van der Waals surface area contributed by atoms with Crippen molar-refractivity contribution in [1.29, 1.82) is 0 Å². The SMILES string of the molecule is COc1cc(CN)ccc1Oc1nccs1. The van der Waals surface area contributed by atoms with Crippen LogP contribution in [0.5, 0.6) is 16.7 Å². The van der Waals surface area contributed by atoms with Gasteiger partial charge in [-0.05, 0) is 17.7 Å². The van der Waals surface area contributed by atoms with E-state index in [1.54, 1.807) is 13.3 Å². The Kier molecular flexibility index (Phi) is 3.38. The number of thiazole rings is 1. The van der Waals surface area contributed by atoms with Crippen LogP contribution in [0.4, 0.5) is 0 Å². The maximum absolute atomic E-state index is 5.58. The number of aromatic nitrogens is 1. The molecule has 1 heterocycles. The van der Waals surface area contributed by atoms with Gasteiger partial charge >= 0.3 is 0 Å². The summed E-state index contributed by atoms with van der Waals surface area (Å²) in [5.41, 5.74) is 6.56. The summed E-state index contributed by atoms with van der Waals surface area (Å²) in [5, 5.41) is 2.45. The first-order valence-electron chi connectivity index (χ1n) is 4.78. The second-order valence-electron chi connectivity index (χ2n) is 3.09. The highest BCUT2D eigenvalue weighted by Crippen LogP contribution is 2.32. The van der Waals surface area contributed by atoms with Crippen LogP contribution in [0.2, 0.25) is 0 Å². The summed E-state index contributed by atoms with van der Waals surface area (Å²) in [7, 11) is 1.60. The zero-order valence-corrected chi connectivity index (χ0v) is 9.66. The Balaban J connectivity index is 2.26. The molecule has 5 heteroatoms. The van der Waals surface area contributed by atoms with Crippen molar-refractivity contribution in [2.45, 2.75) is 6.54 Å². The van der Waals surface area contributed by atoms with E-state index in [2.05, 4.69) is 4.98 Å². The van der Waals surface area contributed by atoms with Crippen molar-refractivity contribution in [3.63, 3.8) is 0 Å². The minimum absolute atomic E-state index is 0.480. The zero-order valence-electron chi connectivity index (χ0n) is 8.84. The summed E-state index contributed by atoms with van der Waals surface area (Å²) < 4.78 is 10.8. The van der Waals surface area contributed by atoms with E-state index in [0.29, 0.717) is 23.2 Å². The fourth-order valence-electron chi connectivity index (χ4n) is 1.28. The summed E-state index contributed by atoms with van der Waals surface area (Å²) in [4.78, 5) is 4.05. The van der Waals surface area contributed by atoms with Gasteiger partial charge in [-0.2, -0.15) is 0 Å². The second-order valence-corrected chi connectivity index (χ2v) is 3.95. The quantitative estimate of drug-likeness (QED) is 0.885. The molecule has 0 saturated heterocycles. The normalized spacial score (nSPS) is 10.1. The van der Waals surface area contributed by atoms with Crippen molar-refractivity contribution in [3.8, 4) is 16.7 Å². The van der Waals surface area contributed by atoms with E-state index in [0.717, 1.165) is 5.56 Å². The molecule has 0 aliphatic carbocycles. The molecule has 0 atom stereocenters. The lowest BCUT2D eigenvalue weighted by molar-refractivity contribution is 0.377. The molecule has 0 saturated carbocycles. The number of nitrogens with zero attached hydrogens (tertiary/aromatic N) is 1. The molecule has 0 bridgehead atoms. The van der Waals surface area contributed by atoms with Crippen LogP contribution in [-0.2, 0) is 6.54 Å². The van der Waals surface area contributed by atoms with Gasteiger partial charge in [0.15, 0.2) is 11.5 Å². The van der Waals surface area contributed by atoms with E-state index in [1.807, 2.05) is 23.6 Å². The largest absolute Gasteiger partial charge is 0.493 e. The number of rotatable bonds is 4. The van der Waals surface area contributed by atoms with Crippen LogP contribution in [-0.4, -0.2) is 12.1 Å². The maximum atomic E-state index is 5.58. The predicted molar refractivity (Wildman–Crippen MR) is 63.1 cm³/mol. The minimum atomic E-state index is 0.480. The van der Waals surface area contributed by atoms with Crippen LogP contribution >= 0.6 is 11.3 Å². The summed E-state index contributed by atoms with van der Waals surface area (Å²) >= 11 is 1.43. The van der Waals surface area contributed by atoms with Crippen LogP contribution in [0.15, 0.2) is 29.8 Å². The first-order valence-corrected chi connectivity index (χ1v) is 5.66. The second kappa shape index (κ2) is 4.96. The van der Waals surface area contributed by atoms with Crippen molar-refractivity contribution >= 4 is 11.3 Å². The highest BCUT2D eigenvalue weighted by molar-refractivity contribution is 7.11. The van der Waals surface area contributed by atoms with Gasteiger partial charge in [-0.3, -0.25) is 0 Å². The molecule has 0 unspecified atom stereocenters. The molecule has 1 aromatic carbocycles. The summed E-state index contributed by atoms with van der Waals surface area (Å²) in [6.07, 6.45) is 1.70. The predicted octanol–water partition coefficient (Wildman–Crippen LogP) is 2.40. The standard InChI is InChI=1S/C11H12N2O2S/c1-14-10-6-8(7-12)2-3-9(10)15-11-13-4-5-16-11/h2-6H,7,12H2,1H3. The molecule has 0 amide bonds. The molecule has 2 N–H and O–H groups in total. The lowest BCUT2D eigenvalue weighted by atomic mass is 10.2. The Hall–Kier alpha value is -1.59. The lowest BCUT2D eigenvalue weighted by Gasteiger charge is -2.09. The molecular weight excluding hydrogens is 224 g/mol. The zero-order chi connectivity index (χ0) is 11.4. The molecule has 84 valence electrons. The Labute approximate surface area is 97.6 Å². The smallest absolute Gasteiger partial charge is 0.278 e.